The highest BCUT2D eigenvalue weighted by Gasteiger charge is 2.58. The second-order valence-corrected chi connectivity index (χ2v) is 7.71. The summed E-state index contributed by atoms with van der Waals surface area (Å²) in [5.74, 6) is -1.57. The van der Waals surface area contributed by atoms with Gasteiger partial charge in [-0.2, -0.15) is 0 Å². The van der Waals surface area contributed by atoms with Crippen molar-refractivity contribution in [2.45, 2.75) is 24.6 Å². The lowest BCUT2D eigenvalue weighted by Gasteiger charge is -2.45. The van der Waals surface area contributed by atoms with Crippen LogP contribution in [0.15, 0.2) is 10.6 Å². The SMILES string of the molecule is C[C@H]1C(SC2CNC(=S)NC2)=C(C(=O)O)N2C(=O)[C@@H](CCO)[C@@H]12. The molecule has 3 aliphatic heterocycles. The third kappa shape index (κ3) is 2.70. The highest BCUT2D eigenvalue weighted by Crippen LogP contribution is 2.51. The number of carbonyl (C=O) groups excluding carboxylic acids is 1. The quantitative estimate of drug-likeness (QED) is 0.394. The van der Waals surface area contributed by atoms with E-state index in [0.29, 0.717) is 24.6 Å². The summed E-state index contributed by atoms with van der Waals surface area (Å²) >= 11 is 6.52. The van der Waals surface area contributed by atoms with Gasteiger partial charge < -0.3 is 25.7 Å². The third-order valence-electron chi connectivity index (χ3n) is 4.58. The zero-order chi connectivity index (χ0) is 16.7. The van der Waals surface area contributed by atoms with E-state index in [4.69, 9.17) is 17.3 Å². The van der Waals surface area contributed by atoms with Crippen molar-refractivity contribution in [3.8, 4) is 0 Å². The minimum atomic E-state index is -1.06. The summed E-state index contributed by atoms with van der Waals surface area (Å²) in [6, 6.07) is -0.145. The molecule has 0 aromatic carbocycles. The molecule has 2 saturated heterocycles. The van der Waals surface area contributed by atoms with E-state index < -0.39 is 5.97 Å². The molecule has 126 valence electrons. The lowest BCUT2D eigenvalue weighted by Crippen LogP contribution is -2.60. The lowest BCUT2D eigenvalue weighted by atomic mass is 9.80. The number of thioether (sulfide) groups is 1. The summed E-state index contributed by atoms with van der Waals surface area (Å²) in [4.78, 5) is 26.1. The minimum absolute atomic E-state index is 0.0331. The van der Waals surface area contributed by atoms with Crippen LogP contribution in [0.2, 0.25) is 0 Å². The van der Waals surface area contributed by atoms with Gasteiger partial charge in [-0.3, -0.25) is 4.79 Å². The molecule has 0 radical (unpaired) electrons. The molecule has 7 nitrogen and oxygen atoms in total. The topological polar surface area (TPSA) is 102 Å². The number of β-lactam (4-membered cyclic amide) rings is 1. The van der Waals surface area contributed by atoms with Gasteiger partial charge in [-0.15, -0.1) is 11.8 Å². The van der Waals surface area contributed by atoms with Crippen LogP contribution in [0.1, 0.15) is 13.3 Å². The zero-order valence-electron chi connectivity index (χ0n) is 12.6. The number of amides is 1. The summed E-state index contributed by atoms with van der Waals surface area (Å²) < 4.78 is 0. The molecule has 2 fully saturated rings. The largest absolute Gasteiger partial charge is 0.477 e. The van der Waals surface area contributed by atoms with Crippen molar-refractivity contribution in [2.24, 2.45) is 11.8 Å². The van der Waals surface area contributed by atoms with Gasteiger partial charge in [0.1, 0.15) is 5.70 Å². The van der Waals surface area contributed by atoms with E-state index in [1.807, 2.05) is 6.92 Å². The van der Waals surface area contributed by atoms with Crippen LogP contribution >= 0.6 is 24.0 Å². The molecule has 4 N–H and O–H groups in total. The smallest absolute Gasteiger partial charge is 0.353 e. The standard InChI is InChI=1S/C14H19N3O4S2/c1-6-9-8(2-3-18)12(19)17(9)10(13(20)21)11(6)23-7-4-15-14(22)16-5-7/h6-9,18H,2-5H2,1H3,(H,20,21)(H2,15,16,22)/t6-,8+,9-/m1/s1. The Kier molecular flexibility index (Phi) is 4.52. The summed E-state index contributed by atoms with van der Waals surface area (Å²) in [7, 11) is 0. The molecule has 3 rings (SSSR count). The fourth-order valence-electron chi connectivity index (χ4n) is 3.51. The molecule has 3 heterocycles. The molecule has 0 bridgehead atoms. The Morgan fingerprint density at radius 3 is 2.65 bits per heavy atom. The minimum Gasteiger partial charge on any atom is -0.477 e. The summed E-state index contributed by atoms with van der Waals surface area (Å²) in [5.41, 5.74) is 0.111. The number of nitrogens with zero attached hydrogens (tertiary/aromatic N) is 1. The van der Waals surface area contributed by atoms with Gasteiger partial charge in [0.05, 0.1) is 12.0 Å². The van der Waals surface area contributed by atoms with Crippen LogP contribution < -0.4 is 10.6 Å². The Balaban J connectivity index is 1.81. The molecule has 3 aliphatic rings. The van der Waals surface area contributed by atoms with Gasteiger partial charge in [-0.25, -0.2) is 4.79 Å². The highest BCUT2D eigenvalue weighted by molar-refractivity contribution is 8.03. The predicted molar refractivity (Wildman–Crippen MR) is 89.6 cm³/mol. The van der Waals surface area contributed by atoms with Crippen molar-refractivity contribution >= 4 is 41.0 Å². The van der Waals surface area contributed by atoms with Gasteiger partial charge in [0.25, 0.3) is 0 Å². The van der Waals surface area contributed by atoms with Crippen molar-refractivity contribution in [3.05, 3.63) is 10.6 Å². The first kappa shape index (κ1) is 16.5. The molecule has 23 heavy (non-hydrogen) atoms. The number of rotatable bonds is 5. The van der Waals surface area contributed by atoms with Crippen molar-refractivity contribution in [2.75, 3.05) is 19.7 Å². The fraction of sp³-hybridized carbons (Fsp3) is 0.643. The normalized spacial score (nSPS) is 30.7. The monoisotopic (exact) mass is 357 g/mol. The third-order valence-corrected chi connectivity index (χ3v) is 6.36. The Hall–Kier alpha value is -1.32. The summed E-state index contributed by atoms with van der Waals surface area (Å²) in [6.07, 6.45) is 0.385. The molecule has 0 unspecified atom stereocenters. The van der Waals surface area contributed by atoms with Crippen molar-refractivity contribution in [3.63, 3.8) is 0 Å². The van der Waals surface area contributed by atoms with Crippen LogP contribution in [0.4, 0.5) is 0 Å². The molecule has 0 saturated carbocycles. The average molecular weight is 357 g/mol. The van der Waals surface area contributed by atoms with E-state index >= 15 is 0 Å². The van der Waals surface area contributed by atoms with Crippen LogP contribution in [0.25, 0.3) is 0 Å². The molecule has 0 aliphatic carbocycles. The average Bonchev–Trinajstić information content (AvgIpc) is 2.77. The maximum atomic E-state index is 12.2. The molecule has 0 aromatic heterocycles. The first-order chi connectivity index (χ1) is 11.0. The number of aliphatic hydroxyl groups is 1. The maximum absolute atomic E-state index is 12.2. The Morgan fingerprint density at radius 2 is 2.09 bits per heavy atom. The van der Waals surface area contributed by atoms with Gasteiger partial charge in [-0.1, -0.05) is 6.92 Å². The predicted octanol–water partition coefficient (Wildman–Crippen LogP) is -0.279. The van der Waals surface area contributed by atoms with Crippen LogP contribution in [-0.4, -0.2) is 63.1 Å². The number of hydrogen-bond donors (Lipinski definition) is 4. The second-order valence-electron chi connectivity index (χ2n) is 5.96. The lowest BCUT2D eigenvalue weighted by molar-refractivity contribution is -0.157. The molecular formula is C14H19N3O4S2. The maximum Gasteiger partial charge on any atom is 0.353 e. The fourth-order valence-corrected chi connectivity index (χ4v) is 5.02. The molecule has 0 aromatic rings. The van der Waals surface area contributed by atoms with Crippen LogP contribution in [0, 0.1) is 11.8 Å². The number of carbonyl (C=O) groups is 2. The summed E-state index contributed by atoms with van der Waals surface area (Å²) in [6.45, 7) is 3.23. The Bertz CT molecular complexity index is 585. The molecule has 1 amide bonds. The van der Waals surface area contributed by atoms with E-state index in [0.717, 1.165) is 4.91 Å². The van der Waals surface area contributed by atoms with E-state index in [1.54, 1.807) is 0 Å². The van der Waals surface area contributed by atoms with Gasteiger partial charge in [-0.05, 0) is 18.6 Å². The van der Waals surface area contributed by atoms with Crippen molar-refractivity contribution in [1.82, 2.24) is 15.5 Å². The van der Waals surface area contributed by atoms with Crippen LogP contribution in [0.3, 0.4) is 0 Å². The number of carboxylic acid groups (broad SMARTS) is 1. The summed E-state index contributed by atoms with van der Waals surface area (Å²) in [5, 5.41) is 25.6. The van der Waals surface area contributed by atoms with Crippen LogP contribution in [0.5, 0.6) is 0 Å². The van der Waals surface area contributed by atoms with Gasteiger partial charge >= 0.3 is 5.97 Å². The first-order valence-corrected chi connectivity index (χ1v) is 8.84. The Labute approximate surface area is 143 Å². The number of hydrogen-bond acceptors (Lipinski definition) is 5. The highest BCUT2D eigenvalue weighted by atomic mass is 32.2. The number of thiocarbonyl (C=S) groups is 1. The molecular weight excluding hydrogens is 338 g/mol. The molecule has 0 spiro atoms. The second kappa shape index (κ2) is 6.29. The zero-order valence-corrected chi connectivity index (χ0v) is 14.2. The van der Waals surface area contributed by atoms with Crippen molar-refractivity contribution in [1.29, 1.82) is 0 Å². The number of fused-ring (bicyclic) bond motifs is 1. The van der Waals surface area contributed by atoms with E-state index in [9.17, 15) is 14.7 Å². The number of aliphatic hydroxyl groups excluding tert-OH is 1. The van der Waals surface area contributed by atoms with Crippen LogP contribution in [-0.2, 0) is 9.59 Å². The number of nitrogens with one attached hydrogen (secondary N) is 2. The van der Waals surface area contributed by atoms with E-state index in [1.165, 1.54) is 16.7 Å². The molecule has 9 heteroatoms. The van der Waals surface area contributed by atoms with Gasteiger partial charge in [0.2, 0.25) is 5.91 Å². The molecule has 3 atom stereocenters. The number of aliphatic carboxylic acids is 1. The van der Waals surface area contributed by atoms with Gasteiger partial charge in [0, 0.05) is 35.8 Å². The van der Waals surface area contributed by atoms with Gasteiger partial charge in [0.15, 0.2) is 5.11 Å². The van der Waals surface area contributed by atoms with E-state index in [2.05, 4.69) is 10.6 Å². The first-order valence-electron chi connectivity index (χ1n) is 7.55. The van der Waals surface area contributed by atoms with Crippen molar-refractivity contribution < 1.29 is 19.8 Å². The number of carboxylic acids is 1. The van der Waals surface area contributed by atoms with E-state index in [-0.39, 0.29) is 41.3 Å². The Morgan fingerprint density at radius 1 is 1.43 bits per heavy atom.